The molecule has 180 valence electrons. The summed E-state index contributed by atoms with van der Waals surface area (Å²) in [4.78, 5) is 4.81. The second kappa shape index (κ2) is 14.6. The number of hydrogen-bond donors (Lipinski definition) is 1. The Morgan fingerprint density at radius 1 is 0.969 bits per heavy atom. The highest BCUT2D eigenvalue weighted by molar-refractivity contribution is 5.85. The summed E-state index contributed by atoms with van der Waals surface area (Å²) in [5, 5.41) is 11.1. The number of benzene rings is 2. The molecule has 0 atom stereocenters. The van der Waals surface area contributed by atoms with E-state index in [2.05, 4.69) is 78.2 Å². The highest BCUT2D eigenvalue weighted by Crippen LogP contribution is 2.28. The highest BCUT2D eigenvalue weighted by atomic mass is 35.5. The average molecular weight is 484 g/mol. The van der Waals surface area contributed by atoms with Crippen molar-refractivity contribution in [1.82, 2.24) is 4.90 Å². The fourth-order valence-electron chi connectivity index (χ4n) is 4.12. The smallest absolute Gasteiger partial charge is 0.119 e. The molecule has 3 rings (SSSR count). The number of anilines is 1. The Morgan fingerprint density at radius 2 is 1.62 bits per heavy atom. The van der Waals surface area contributed by atoms with Crippen molar-refractivity contribution in [3.63, 3.8) is 0 Å². The second-order valence-electron chi connectivity index (χ2n) is 8.51. The van der Waals surface area contributed by atoms with Crippen molar-refractivity contribution in [3.8, 4) is 5.75 Å². The summed E-state index contributed by atoms with van der Waals surface area (Å²) in [5.74, 6) is 0.938. The minimum absolute atomic E-state index is 0. The Hall–Kier alpha value is -1.46. The van der Waals surface area contributed by atoms with Crippen molar-refractivity contribution in [2.45, 2.75) is 58.1 Å². The first-order chi connectivity index (χ1) is 14.6. The van der Waals surface area contributed by atoms with Gasteiger partial charge >= 0.3 is 0 Å². The van der Waals surface area contributed by atoms with Crippen molar-refractivity contribution >= 4 is 30.5 Å². The highest BCUT2D eigenvalue weighted by Gasteiger charge is 2.32. The maximum Gasteiger partial charge on any atom is 0.119 e. The SMILES string of the molecule is CCCCOc1ccc(N(CC)CCC2(O)CCN(Cc3ccccc3)CC2)cc1.Cl.Cl. The van der Waals surface area contributed by atoms with Gasteiger partial charge < -0.3 is 14.7 Å². The zero-order valence-corrected chi connectivity index (χ0v) is 21.2. The van der Waals surface area contributed by atoms with Crippen molar-refractivity contribution in [2.75, 3.05) is 37.7 Å². The van der Waals surface area contributed by atoms with Gasteiger partial charge in [0, 0.05) is 38.4 Å². The number of piperidine rings is 1. The molecule has 1 aliphatic heterocycles. The van der Waals surface area contributed by atoms with Gasteiger partial charge in [0.1, 0.15) is 5.75 Å². The van der Waals surface area contributed by atoms with Crippen LogP contribution in [0.15, 0.2) is 54.6 Å². The molecule has 0 radical (unpaired) electrons. The van der Waals surface area contributed by atoms with Crippen molar-refractivity contribution in [3.05, 3.63) is 60.2 Å². The predicted octanol–water partition coefficient (Wildman–Crippen LogP) is 5.95. The van der Waals surface area contributed by atoms with Crippen LogP contribution in [0, 0.1) is 0 Å². The summed E-state index contributed by atoms with van der Waals surface area (Å²) in [6, 6.07) is 19.0. The molecule has 32 heavy (non-hydrogen) atoms. The van der Waals surface area contributed by atoms with E-state index in [0.717, 1.165) is 77.2 Å². The van der Waals surface area contributed by atoms with Crippen LogP contribution in [0.4, 0.5) is 5.69 Å². The fourth-order valence-corrected chi connectivity index (χ4v) is 4.12. The lowest BCUT2D eigenvalue weighted by Gasteiger charge is -2.39. The minimum atomic E-state index is -0.552. The van der Waals surface area contributed by atoms with Crippen LogP contribution in [-0.4, -0.2) is 48.4 Å². The third-order valence-electron chi connectivity index (χ3n) is 6.23. The van der Waals surface area contributed by atoms with E-state index >= 15 is 0 Å². The van der Waals surface area contributed by atoms with Gasteiger partial charge in [-0.25, -0.2) is 0 Å². The quantitative estimate of drug-likeness (QED) is 0.401. The Bertz CT molecular complexity index is 735. The molecule has 0 aromatic heterocycles. The summed E-state index contributed by atoms with van der Waals surface area (Å²) in [7, 11) is 0. The third-order valence-corrected chi connectivity index (χ3v) is 6.23. The van der Waals surface area contributed by atoms with Gasteiger partial charge in [0.25, 0.3) is 0 Å². The number of hydrogen-bond acceptors (Lipinski definition) is 4. The van der Waals surface area contributed by atoms with Gasteiger partial charge in [0.2, 0.25) is 0 Å². The normalized spacial score (nSPS) is 15.3. The van der Waals surface area contributed by atoms with Crippen LogP contribution in [-0.2, 0) is 6.54 Å². The topological polar surface area (TPSA) is 35.9 Å². The molecule has 1 saturated heterocycles. The number of unbranched alkanes of at least 4 members (excludes halogenated alkanes) is 1. The van der Waals surface area contributed by atoms with E-state index in [1.54, 1.807) is 0 Å². The van der Waals surface area contributed by atoms with Gasteiger partial charge in [-0.2, -0.15) is 0 Å². The van der Waals surface area contributed by atoms with Crippen molar-refractivity contribution < 1.29 is 9.84 Å². The van der Waals surface area contributed by atoms with Gasteiger partial charge in [0.15, 0.2) is 0 Å². The summed E-state index contributed by atoms with van der Waals surface area (Å²) >= 11 is 0. The Morgan fingerprint density at radius 3 is 2.22 bits per heavy atom. The maximum absolute atomic E-state index is 11.1. The molecule has 0 aliphatic carbocycles. The molecule has 0 saturated carbocycles. The molecule has 1 aliphatic rings. The zero-order chi connectivity index (χ0) is 21.2. The number of halogens is 2. The van der Waals surface area contributed by atoms with Crippen LogP contribution in [0.5, 0.6) is 5.75 Å². The molecule has 1 N–H and O–H groups in total. The number of nitrogens with zero attached hydrogens (tertiary/aromatic N) is 2. The standard InChI is InChI=1S/C26H38N2O2.2ClH/c1-3-5-21-30-25-13-11-24(12-14-25)28(4-2)20-17-26(29)15-18-27(19-16-26)22-23-9-7-6-8-10-23;;/h6-14,29H,3-5,15-22H2,1-2H3;2*1H. The third kappa shape index (κ3) is 8.82. The van der Waals surface area contributed by atoms with Crippen LogP contribution >= 0.6 is 24.8 Å². The van der Waals surface area contributed by atoms with Crippen LogP contribution in [0.1, 0.15) is 51.5 Å². The molecule has 0 unspecified atom stereocenters. The molecule has 0 bridgehead atoms. The van der Waals surface area contributed by atoms with E-state index in [0.29, 0.717) is 0 Å². The van der Waals surface area contributed by atoms with E-state index < -0.39 is 5.60 Å². The summed E-state index contributed by atoms with van der Waals surface area (Å²) in [5.41, 5.74) is 2.00. The molecule has 6 heteroatoms. The molecular weight excluding hydrogens is 443 g/mol. The Balaban J connectivity index is 0.00000256. The first-order valence-electron chi connectivity index (χ1n) is 11.6. The molecule has 4 nitrogen and oxygen atoms in total. The summed E-state index contributed by atoms with van der Waals surface area (Å²) < 4.78 is 5.78. The first kappa shape index (κ1) is 28.6. The van der Waals surface area contributed by atoms with Gasteiger partial charge in [-0.3, -0.25) is 4.90 Å². The van der Waals surface area contributed by atoms with Crippen LogP contribution < -0.4 is 9.64 Å². The second-order valence-corrected chi connectivity index (χ2v) is 8.51. The van der Waals surface area contributed by atoms with E-state index in [-0.39, 0.29) is 24.8 Å². The number of ether oxygens (including phenoxy) is 1. The van der Waals surface area contributed by atoms with Crippen molar-refractivity contribution in [1.29, 1.82) is 0 Å². The molecule has 1 heterocycles. The molecule has 0 amide bonds. The Kier molecular flexibility index (Phi) is 13.1. The van der Waals surface area contributed by atoms with Gasteiger partial charge in [-0.1, -0.05) is 43.7 Å². The number of aliphatic hydroxyl groups is 1. The number of rotatable bonds is 11. The largest absolute Gasteiger partial charge is 0.494 e. The first-order valence-corrected chi connectivity index (χ1v) is 11.6. The molecule has 2 aromatic rings. The lowest BCUT2D eigenvalue weighted by Crippen LogP contribution is -2.45. The van der Waals surface area contributed by atoms with E-state index in [1.807, 2.05) is 0 Å². The molecule has 2 aromatic carbocycles. The van der Waals surface area contributed by atoms with Gasteiger partial charge in [-0.15, -0.1) is 24.8 Å². The fraction of sp³-hybridized carbons (Fsp3) is 0.538. The predicted molar refractivity (Wildman–Crippen MR) is 140 cm³/mol. The van der Waals surface area contributed by atoms with E-state index in [9.17, 15) is 5.11 Å². The lowest BCUT2D eigenvalue weighted by atomic mass is 9.87. The maximum atomic E-state index is 11.1. The van der Waals surface area contributed by atoms with Gasteiger partial charge in [-0.05, 0) is 62.4 Å². The van der Waals surface area contributed by atoms with Crippen LogP contribution in [0.2, 0.25) is 0 Å². The van der Waals surface area contributed by atoms with E-state index in [1.165, 1.54) is 11.3 Å². The van der Waals surface area contributed by atoms with Crippen LogP contribution in [0.3, 0.4) is 0 Å². The Labute approximate surface area is 206 Å². The number of likely N-dealkylation sites (tertiary alicyclic amines) is 1. The van der Waals surface area contributed by atoms with Crippen LogP contribution in [0.25, 0.3) is 0 Å². The zero-order valence-electron chi connectivity index (χ0n) is 19.5. The van der Waals surface area contributed by atoms with Gasteiger partial charge in [0.05, 0.1) is 12.2 Å². The summed E-state index contributed by atoms with van der Waals surface area (Å²) in [6.07, 6.45) is 4.75. The molecule has 1 fully saturated rings. The molecule has 0 spiro atoms. The molecular formula is C26H40Cl2N2O2. The lowest BCUT2D eigenvalue weighted by molar-refractivity contribution is -0.0276. The monoisotopic (exact) mass is 482 g/mol. The minimum Gasteiger partial charge on any atom is -0.494 e. The summed E-state index contributed by atoms with van der Waals surface area (Å²) in [6.45, 7) is 9.84. The van der Waals surface area contributed by atoms with Crippen molar-refractivity contribution in [2.24, 2.45) is 0 Å². The average Bonchev–Trinajstić information content (AvgIpc) is 2.78. The van der Waals surface area contributed by atoms with E-state index in [4.69, 9.17) is 4.74 Å².